The fourth-order valence-electron chi connectivity index (χ4n) is 2.29. The lowest BCUT2D eigenvalue weighted by molar-refractivity contribution is 0.0697. The zero-order chi connectivity index (χ0) is 15.4. The van der Waals surface area contributed by atoms with E-state index in [9.17, 15) is 9.59 Å². The van der Waals surface area contributed by atoms with Crippen LogP contribution >= 0.6 is 11.6 Å². The van der Waals surface area contributed by atoms with Gasteiger partial charge >= 0.3 is 12.0 Å². The molecule has 0 bridgehead atoms. The Bertz CT molecular complexity index is 542. The van der Waals surface area contributed by atoms with E-state index >= 15 is 0 Å². The second-order valence-electron chi connectivity index (χ2n) is 5.21. The van der Waals surface area contributed by atoms with Crippen molar-refractivity contribution >= 4 is 29.3 Å². The molecule has 0 unspecified atom stereocenters. The van der Waals surface area contributed by atoms with Crippen molar-refractivity contribution in [3.63, 3.8) is 0 Å². The maximum atomic E-state index is 11.9. The third-order valence-corrected chi connectivity index (χ3v) is 3.67. The van der Waals surface area contributed by atoms with Crippen molar-refractivity contribution in [3.8, 4) is 0 Å². The fourth-order valence-corrected chi connectivity index (χ4v) is 2.53. The van der Waals surface area contributed by atoms with Crippen LogP contribution in [0, 0.1) is 0 Å². The van der Waals surface area contributed by atoms with Gasteiger partial charge < -0.3 is 20.6 Å². The van der Waals surface area contributed by atoms with E-state index in [4.69, 9.17) is 16.7 Å². The highest BCUT2D eigenvalue weighted by Gasteiger charge is 2.18. The molecule has 1 saturated heterocycles. The number of halogens is 1. The molecule has 0 spiro atoms. The number of carbonyl (C=O) groups excluding carboxylic acids is 1. The zero-order valence-corrected chi connectivity index (χ0v) is 12.5. The van der Waals surface area contributed by atoms with Crippen LogP contribution in [0.1, 0.15) is 23.2 Å². The summed E-state index contributed by atoms with van der Waals surface area (Å²) < 4.78 is 0. The number of aromatic carboxylic acids is 1. The molecule has 2 rings (SSSR count). The Balaban J connectivity index is 1.95. The van der Waals surface area contributed by atoms with Gasteiger partial charge in [0.25, 0.3) is 0 Å². The van der Waals surface area contributed by atoms with Crippen LogP contribution in [0.3, 0.4) is 0 Å². The molecule has 6 nitrogen and oxygen atoms in total. The van der Waals surface area contributed by atoms with Gasteiger partial charge in [0.15, 0.2) is 0 Å². The Morgan fingerprint density at radius 1 is 1.29 bits per heavy atom. The Kier molecular flexibility index (Phi) is 5.03. The molecule has 0 radical (unpaired) electrons. The van der Waals surface area contributed by atoms with E-state index in [1.54, 1.807) is 0 Å². The van der Waals surface area contributed by atoms with Crippen molar-refractivity contribution in [2.24, 2.45) is 0 Å². The highest BCUT2D eigenvalue weighted by molar-refractivity contribution is 6.31. The van der Waals surface area contributed by atoms with Gasteiger partial charge in [-0.15, -0.1) is 0 Å². The highest BCUT2D eigenvalue weighted by Crippen LogP contribution is 2.19. The predicted octanol–water partition coefficient (Wildman–Crippen LogP) is 2.25. The van der Waals surface area contributed by atoms with Gasteiger partial charge in [-0.3, -0.25) is 0 Å². The van der Waals surface area contributed by atoms with Gasteiger partial charge in [0, 0.05) is 16.8 Å². The normalized spacial score (nSPS) is 16.5. The summed E-state index contributed by atoms with van der Waals surface area (Å²) in [5.41, 5.74) is 0.405. The molecule has 1 aliphatic rings. The predicted molar refractivity (Wildman–Crippen MR) is 81.1 cm³/mol. The molecule has 3 N–H and O–H groups in total. The minimum atomic E-state index is -1.09. The number of hydrogen-bond acceptors (Lipinski definition) is 3. The molecule has 0 saturated carbocycles. The number of urea groups is 1. The molecule has 114 valence electrons. The molecule has 21 heavy (non-hydrogen) atoms. The van der Waals surface area contributed by atoms with Crippen molar-refractivity contribution < 1.29 is 14.7 Å². The maximum Gasteiger partial charge on any atom is 0.335 e. The molecule has 1 heterocycles. The molecule has 1 aliphatic heterocycles. The molecular weight excluding hydrogens is 294 g/mol. The molecule has 0 aromatic heterocycles. The number of piperidine rings is 1. The molecule has 1 aromatic rings. The molecule has 1 aromatic carbocycles. The van der Waals surface area contributed by atoms with Gasteiger partial charge in [0.05, 0.1) is 5.56 Å². The Labute approximate surface area is 128 Å². The van der Waals surface area contributed by atoms with Crippen molar-refractivity contribution in [2.75, 3.05) is 25.5 Å². The topological polar surface area (TPSA) is 81.7 Å². The summed E-state index contributed by atoms with van der Waals surface area (Å²) in [5.74, 6) is -1.09. The first-order chi connectivity index (χ1) is 9.94. The van der Waals surface area contributed by atoms with Crippen LogP contribution < -0.4 is 10.6 Å². The summed E-state index contributed by atoms with van der Waals surface area (Å²) in [7, 11) is 2.05. The van der Waals surface area contributed by atoms with E-state index in [1.165, 1.54) is 18.2 Å². The first-order valence-electron chi connectivity index (χ1n) is 6.74. The van der Waals surface area contributed by atoms with Gasteiger partial charge in [-0.1, -0.05) is 11.6 Å². The van der Waals surface area contributed by atoms with Crippen LogP contribution in [0.2, 0.25) is 5.02 Å². The number of nitrogens with zero attached hydrogens (tertiary/aromatic N) is 1. The van der Waals surface area contributed by atoms with Crippen LogP contribution in [0.5, 0.6) is 0 Å². The van der Waals surface area contributed by atoms with Gasteiger partial charge in [-0.25, -0.2) is 9.59 Å². The average molecular weight is 312 g/mol. The summed E-state index contributed by atoms with van der Waals surface area (Å²) in [6.45, 7) is 1.90. The van der Waals surface area contributed by atoms with E-state index in [-0.39, 0.29) is 22.7 Å². The van der Waals surface area contributed by atoms with Gasteiger partial charge in [-0.05, 0) is 51.2 Å². The number of rotatable bonds is 3. The zero-order valence-electron chi connectivity index (χ0n) is 11.7. The Hall–Kier alpha value is -1.79. The third-order valence-electron chi connectivity index (χ3n) is 3.46. The van der Waals surface area contributed by atoms with E-state index in [0.717, 1.165) is 25.9 Å². The molecular formula is C14H18ClN3O3. The number of amides is 2. The fraction of sp³-hybridized carbons (Fsp3) is 0.429. The number of benzene rings is 1. The summed E-state index contributed by atoms with van der Waals surface area (Å²) in [6, 6.07) is 4.02. The third kappa shape index (κ3) is 4.61. The van der Waals surface area contributed by atoms with E-state index in [0.29, 0.717) is 5.69 Å². The van der Waals surface area contributed by atoms with Gasteiger partial charge in [-0.2, -0.15) is 0 Å². The van der Waals surface area contributed by atoms with Gasteiger partial charge in [0.2, 0.25) is 0 Å². The van der Waals surface area contributed by atoms with Crippen molar-refractivity contribution in [2.45, 2.75) is 18.9 Å². The molecule has 0 atom stereocenters. The van der Waals surface area contributed by atoms with Crippen LogP contribution in [0.15, 0.2) is 18.2 Å². The molecule has 0 aliphatic carbocycles. The smallest absolute Gasteiger partial charge is 0.335 e. The number of carboxylic acid groups (broad SMARTS) is 1. The molecule has 1 fully saturated rings. The van der Waals surface area contributed by atoms with Crippen molar-refractivity contribution in [3.05, 3.63) is 28.8 Å². The number of hydrogen-bond donors (Lipinski definition) is 3. The Morgan fingerprint density at radius 2 is 1.95 bits per heavy atom. The highest BCUT2D eigenvalue weighted by atomic mass is 35.5. The number of likely N-dealkylation sites (tertiary alicyclic amines) is 1. The number of nitrogens with one attached hydrogen (secondary N) is 2. The number of anilines is 1. The Morgan fingerprint density at radius 3 is 2.57 bits per heavy atom. The standard InChI is InChI=1S/C14H18ClN3O3/c1-18-4-2-11(3-5-18)16-14(21)17-12-7-9(13(19)20)6-10(15)8-12/h6-8,11H,2-5H2,1H3,(H,19,20)(H2,16,17,21). The largest absolute Gasteiger partial charge is 0.478 e. The van der Waals surface area contributed by atoms with E-state index in [1.807, 2.05) is 0 Å². The molecule has 7 heteroatoms. The first-order valence-corrected chi connectivity index (χ1v) is 7.12. The first kappa shape index (κ1) is 15.6. The van der Waals surface area contributed by atoms with Crippen LogP contribution in [-0.4, -0.2) is 48.2 Å². The summed E-state index contributed by atoms with van der Waals surface area (Å²) in [6.07, 6.45) is 1.81. The second kappa shape index (κ2) is 6.78. The van der Waals surface area contributed by atoms with Crippen LogP contribution in [-0.2, 0) is 0 Å². The lowest BCUT2D eigenvalue weighted by Gasteiger charge is -2.29. The van der Waals surface area contributed by atoms with E-state index < -0.39 is 5.97 Å². The average Bonchev–Trinajstić information content (AvgIpc) is 2.40. The SMILES string of the molecule is CN1CCC(NC(=O)Nc2cc(Cl)cc(C(=O)O)c2)CC1. The van der Waals surface area contributed by atoms with Crippen LogP contribution in [0.25, 0.3) is 0 Å². The minimum absolute atomic E-state index is 0.0390. The lowest BCUT2D eigenvalue weighted by atomic mass is 10.1. The number of carbonyl (C=O) groups is 2. The molecule has 2 amide bonds. The van der Waals surface area contributed by atoms with Crippen molar-refractivity contribution in [1.82, 2.24) is 10.2 Å². The second-order valence-corrected chi connectivity index (χ2v) is 5.65. The quantitative estimate of drug-likeness (QED) is 0.799. The summed E-state index contributed by atoms with van der Waals surface area (Å²) in [4.78, 5) is 25.1. The van der Waals surface area contributed by atoms with E-state index in [2.05, 4.69) is 22.6 Å². The summed E-state index contributed by atoms with van der Waals surface area (Å²) in [5, 5.41) is 14.7. The van der Waals surface area contributed by atoms with Crippen LogP contribution in [0.4, 0.5) is 10.5 Å². The summed E-state index contributed by atoms with van der Waals surface area (Å²) >= 11 is 5.84. The monoisotopic (exact) mass is 311 g/mol. The minimum Gasteiger partial charge on any atom is -0.478 e. The van der Waals surface area contributed by atoms with Gasteiger partial charge in [0.1, 0.15) is 0 Å². The number of carboxylic acids is 1. The van der Waals surface area contributed by atoms with Crippen molar-refractivity contribution in [1.29, 1.82) is 0 Å². The maximum absolute atomic E-state index is 11.9. The lowest BCUT2D eigenvalue weighted by Crippen LogP contribution is -2.44.